The van der Waals surface area contributed by atoms with Gasteiger partial charge in [0.05, 0.1) is 0 Å². The molecule has 0 saturated carbocycles. The van der Waals surface area contributed by atoms with Crippen LogP contribution < -0.4 is 0 Å². The van der Waals surface area contributed by atoms with E-state index in [1.807, 2.05) is 32.0 Å². The van der Waals surface area contributed by atoms with Gasteiger partial charge in [0, 0.05) is 18.9 Å². The fourth-order valence-electron chi connectivity index (χ4n) is 1.96. The lowest BCUT2D eigenvalue weighted by molar-refractivity contribution is -0.122. The molecule has 0 aliphatic carbocycles. The lowest BCUT2D eigenvalue weighted by atomic mass is 9.89. The lowest BCUT2D eigenvalue weighted by Gasteiger charge is -2.16. The first-order chi connectivity index (χ1) is 8.15. The van der Waals surface area contributed by atoms with Gasteiger partial charge in [0.2, 0.25) is 0 Å². The molecule has 2 heteroatoms. The summed E-state index contributed by atoms with van der Waals surface area (Å²) in [5.41, 5.74) is 1.22. The van der Waals surface area contributed by atoms with Gasteiger partial charge >= 0.3 is 0 Å². The largest absolute Gasteiger partial charge is 0.396 e. The van der Waals surface area contributed by atoms with E-state index in [0.29, 0.717) is 18.1 Å². The number of rotatable bonds is 7. The number of aliphatic hydroxyl groups is 1. The van der Waals surface area contributed by atoms with Gasteiger partial charge in [0.25, 0.3) is 0 Å². The van der Waals surface area contributed by atoms with Crippen LogP contribution in [0.1, 0.15) is 44.6 Å². The van der Waals surface area contributed by atoms with E-state index >= 15 is 0 Å². The minimum Gasteiger partial charge on any atom is -0.396 e. The van der Waals surface area contributed by atoms with Gasteiger partial charge in [-0.3, -0.25) is 4.79 Å². The minimum absolute atomic E-state index is 0.112. The standard InChI is InChI=1S/C15H22O2/c1-12(2)15(17)9-8-14(10-11-16)13-6-4-3-5-7-13/h3-7,12,14,16H,8-11H2,1-2H3. The Morgan fingerprint density at radius 2 is 1.82 bits per heavy atom. The highest BCUT2D eigenvalue weighted by Gasteiger charge is 2.14. The van der Waals surface area contributed by atoms with E-state index in [0.717, 1.165) is 12.8 Å². The maximum Gasteiger partial charge on any atom is 0.135 e. The number of hydrogen-bond acceptors (Lipinski definition) is 2. The zero-order valence-corrected chi connectivity index (χ0v) is 10.7. The third-order valence-corrected chi connectivity index (χ3v) is 3.13. The first kappa shape index (κ1) is 13.9. The maximum absolute atomic E-state index is 11.6. The first-order valence-corrected chi connectivity index (χ1v) is 6.33. The molecule has 1 aromatic rings. The highest BCUT2D eigenvalue weighted by molar-refractivity contribution is 5.80. The number of benzene rings is 1. The average molecular weight is 234 g/mol. The molecule has 0 amide bonds. The van der Waals surface area contributed by atoms with Crippen molar-refractivity contribution in [1.29, 1.82) is 0 Å². The molecule has 1 aromatic carbocycles. The topological polar surface area (TPSA) is 37.3 Å². The van der Waals surface area contributed by atoms with E-state index in [-0.39, 0.29) is 12.5 Å². The summed E-state index contributed by atoms with van der Waals surface area (Å²) in [6, 6.07) is 10.1. The molecular formula is C15H22O2. The Bertz CT molecular complexity index is 330. The Hall–Kier alpha value is -1.15. The number of hydrogen-bond donors (Lipinski definition) is 1. The molecule has 0 heterocycles. The van der Waals surface area contributed by atoms with Crippen molar-refractivity contribution in [2.24, 2.45) is 5.92 Å². The molecule has 0 bridgehead atoms. The van der Waals surface area contributed by atoms with E-state index in [9.17, 15) is 4.79 Å². The second-order valence-electron chi connectivity index (χ2n) is 4.78. The number of carbonyl (C=O) groups is 1. The van der Waals surface area contributed by atoms with Crippen molar-refractivity contribution < 1.29 is 9.90 Å². The molecule has 0 aromatic heterocycles. The van der Waals surface area contributed by atoms with Crippen molar-refractivity contribution >= 4 is 5.78 Å². The average Bonchev–Trinajstić information content (AvgIpc) is 2.35. The number of ketones is 1. The molecule has 17 heavy (non-hydrogen) atoms. The fourth-order valence-corrected chi connectivity index (χ4v) is 1.96. The van der Waals surface area contributed by atoms with Crippen LogP contribution in [0.25, 0.3) is 0 Å². The zero-order chi connectivity index (χ0) is 12.7. The molecule has 0 radical (unpaired) electrons. The van der Waals surface area contributed by atoms with Crippen LogP contribution in [-0.4, -0.2) is 17.5 Å². The van der Waals surface area contributed by atoms with E-state index in [2.05, 4.69) is 12.1 Å². The van der Waals surface area contributed by atoms with Crippen LogP contribution >= 0.6 is 0 Å². The predicted octanol–water partition coefficient (Wildman–Crippen LogP) is 3.16. The van der Waals surface area contributed by atoms with Crippen LogP contribution in [0.3, 0.4) is 0 Å². The van der Waals surface area contributed by atoms with Gasteiger partial charge < -0.3 is 5.11 Å². The molecule has 1 N–H and O–H groups in total. The van der Waals surface area contributed by atoms with Crippen LogP contribution in [0.4, 0.5) is 0 Å². The molecule has 94 valence electrons. The van der Waals surface area contributed by atoms with Crippen molar-refractivity contribution in [1.82, 2.24) is 0 Å². The van der Waals surface area contributed by atoms with Crippen molar-refractivity contribution in [2.45, 2.75) is 39.0 Å². The van der Waals surface area contributed by atoms with Crippen molar-refractivity contribution in [3.8, 4) is 0 Å². The van der Waals surface area contributed by atoms with Crippen molar-refractivity contribution in [3.05, 3.63) is 35.9 Å². The molecule has 0 aliphatic rings. The van der Waals surface area contributed by atoms with Crippen LogP contribution in [0.15, 0.2) is 30.3 Å². The smallest absolute Gasteiger partial charge is 0.135 e. The molecule has 1 unspecified atom stereocenters. The fraction of sp³-hybridized carbons (Fsp3) is 0.533. The van der Waals surface area contributed by atoms with Crippen LogP contribution in [0, 0.1) is 5.92 Å². The Morgan fingerprint density at radius 1 is 1.18 bits per heavy atom. The molecule has 0 fully saturated rings. The van der Waals surface area contributed by atoms with E-state index in [4.69, 9.17) is 5.11 Å². The second kappa shape index (κ2) is 7.23. The Balaban J connectivity index is 2.58. The van der Waals surface area contributed by atoms with Crippen molar-refractivity contribution in [2.75, 3.05) is 6.61 Å². The van der Waals surface area contributed by atoms with Gasteiger partial charge in [-0.15, -0.1) is 0 Å². The normalized spacial score (nSPS) is 12.7. The summed E-state index contributed by atoms with van der Waals surface area (Å²) in [4.78, 5) is 11.6. The van der Waals surface area contributed by atoms with Crippen LogP contribution in [0.5, 0.6) is 0 Å². The number of aliphatic hydroxyl groups excluding tert-OH is 1. The molecule has 1 atom stereocenters. The molecule has 1 rings (SSSR count). The predicted molar refractivity (Wildman–Crippen MR) is 70.0 cm³/mol. The molecule has 0 aliphatic heterocycles. The summed E-state index contributed by atoms with van der Waals surface area (Å²) in [6.07, 6.45) is 2.17. The first-order valence-electron chi connectivity index (χ1n) is 6.33. The highest BCUT2D eigenvalue weighted by atomic mass is 16.3. The second-order valence-corrected chi connectivity index (χ2v) is 4.78. The molecule has 0 saturated heterocycles. The van der Waals surface area contributed by atoms with Gasteiger partial charge in [-0.1, -0.05) is 44.2 Å². The van der Waals surface area contributed by atoms with Gasteiger partial charge in [0.1, 0.15) is 5.78 Å². The monoisotopic (exact) mass is 234 g/mol. The summed E-state index contributed by atoms with van der Waals surface area (Å²) in [6.45, 7) is 4.05. The summed E-state index contributed by atoms with van der Waals surface area (Å²) in [5, 5.41) is 9.09. The maximum atomic E-state index is 11.6. The summed E-state index contributed by atoms with van der Waals surface area (Å²) < 4.78 is 0. The Labute approximate surface area is 104 Å². The Kier molecular flexibility index (Phi) is 5.92. The summed E-state index contributed by atoms with van der Waals surface area (Å²) in [7, 11) is 0. The van der Waals surface area contributed by atoms with Gasteiger partial charge in [-0.2, -0.15) is 0 Å². The Morgan fingerprint density at radius 3 is 2.35 bits per heavy atom. The summed E-state index contributed by atoms with van der Waals surface area (Å²) in [5.74, 6) is 0.716. The van der Waals surface area contributed by atoms with E-state index in [1.54, 1.807) is 0 Å². The van der Waals surface area contributed by atoms with E-state index < -0.39 is 0 Å². The van der Waals surface area contributed by atoms with Crippen molar-refractivity contribution in [3.63, 3.8) is 0 Å². The van der Waals surface area contributed by atoms with Gasteiger partial charge in [0.15, 0.2) is 0 Å². The lowest BCUT2D eigenvalue weighted by Crippen LogP contribution is -2.10. The number of Topliss-reactive ketones (excluding diaryl/α,β-unsaturated/α-hetero) is 1. The van der Waals surface area contributed by atoms with Gasteiger partial charge in [-0.05, 0) is 24.3 Å². The molecule has 0 spiro atoms. The van der Waals surface area contributed by atoms with Crippen LogP contribution in [-0.2, 0) is 4.79 Å². The zero-order valence-electron chi connectivity index (χ0n) is 10.7. The third-order valence-electron chi connectivity index (χ3n) is 3.13. The quantitative estimate of drug-likeness (QED) is 0.787. The van der Waals surface area contributed by atoms with Crippen LogP contribution in [0.2, 0.25) is 0 Å². The highest BCUT2D eigenvalue weighted by Crippen LogP contribution is 2.25. The van der Waals surface area contributed by atoms with Gasteiger partial charge in [-0.25, -0.2) is 0 Å². The summed E-state index contributed by atoms with van der Waals surface area (Å²) >= 11 is 0. The minimum atomic E-state index is 0.112. The SMILES string of the molecule is CC(C)C(=O)CCC(CCO)c1ccccc1. The third kappa shape index (κ3) is 4.70. The molecular weight excluding hydrogens is 212 g/mol. The molecule has 2 nitrogen and oxygen atoms in total. The number of carbonyl (C=O) groups excluding carboxylic acids is 1. The van der Waals surface area contributed by atoms with E-state index in [1.165, 1.54) is 5.56 Å².